The summed E-state index contributed by atoms with van der Waals surface area (Å²) >= 11 is 6.81. The Hall–Kier alpha value is -8.76. The van der Waals surface area contributed by atoms with E-state index in [-0.39, 0.29) is 36.6 Å². The molecule has 3 aliphatic heterocycles. The summed E-state index contributed by atoms with van der Waals surface area (Å²) in [7, 11) is 3.43. The van der Waals surface area contributed by atoms with Gasteiger partial charge >= 0.3 is 5.97 Å². The number of fused-ring (bicyclic) bond motifs is 1. The number of nitrogens with zero attached hydrogens (tertiary/aromatic N) is 2. The molecular weight excluding hydrogens is 1470 g/mol. The van der Waals surface area contributed by atoms with Crippen molar-refractivity contribution in [2.45, 2.75) is 230 Å². The molecule has 38 heteroatoms. The van der Waals surface area contributed by atoms with Crippen LogP contribution in [-0.2, 0) is 81.3 Å². The summed E-state index contributed by atoms with van der Waals surface area (Å²) in [6, 6.07) is -9.33. The summed E-state index contributed by atoms with van der Waals surface area (Å²) in [6.45, 7) is 15.6. The number of piperidine rings is 1. The zero-order chi connectivity index (χ0) is 83.3. The highest BCUT2D eigenvalue weighted by Crippen LogP contribution is 2.32. The van der Waals surface area contributed by atoms with E-state index in [9.17, 15) is 78.9 Å². The number of primary amides is 1. The van der Waals surface area contributed by atoms with E-state index in [2.05, 4.69) is 47.9 Å². The Morgan fingerprint density at radius 2 is 1.48 bits per heavy atom. The van der Waals surface area contributed by atoms with Crippen molar-refractivity contribution in [2.75, 3.05) is 47.5 Å². The maximum atomic E-state index is 15.7. The number of nitrogens with two attached hydrogens (primary N) is 1. The van der Waals surface area contributed by atoms with Gasteiger partial charge in [-0.25, -0.2) is 4.79 Å². The molecule has 1 aromatic carbocycles. The van der Waals surface area contributed by atoms with Gasteiger partial charge < -0.3 is 123 Å². The van der Waals surface area contributed by atoms with Crippen LogP contribution in [0.2, 0.25) is 0 Å². The van der Waals surface area contributed by atoms with E-state index in [1.54, 1.807) is 6.92 Å². The zero-order valence-corrected chi connectivity index (χ0v) is 65.4. The largest absolute Gasteiger partial charge is 0.462 e. The van der Waals surface area contributed by atoms with Gasteiger partial charge in [0, 0.05) is 39.1 Å². The fourth-order valence-corrected chi connectivity index (χ4v) is 12.4. The minimum absolute atomic E-state index is 0.00329. The van der Waals surface area contributed by atoms with Gasteiger partial charge in [0.15, 0.2) is 5.60 Å². The van der Waals surface area contributed by atoms with Crippen molar-refractivity contribution >= 4 is 88.5 Å². The molecule has 4 unspecified atom stereocenters. The van der Waals surface area contributed by atoms with E-state index in [0.717, 1.165) is 62.8 Å². The molecule has 110 heavy (non-hydrogen) atoms. The topological polar surface area (TPSA) is 550 Å². The summed E-state index contributed by atoms with van der Waals surface area (Å²) in [5.41, 5.74) is 3.51. The number of amides is 12. The Morgan fingerprint density at radius 1 is 0.845 bits per heavy atom. The summed E-state index contributed by atoms with van der Waals surface area (Å²) in [6.07, 6.45) is -9.81. The molecule has 0 bridgehead atoms. The van der Waals surface area contributed by atoms with Crippen molar-refractivity contribution < 1.29 is 122 Å². The minimum atomic E-state index is -2.47. The fourth-order valence-electron chi connectivity index (χ4n) is 12.1. The second-order valence-corrected chi connectivity index (χ2v) is 29.0. The van der Waals surface area contributed by atoms with Crippen LogP contribution in [0.3, 0.4) is 0 Å². The van der Waals surface area contributed by atoms with Gasteiger partial charge in [-0.15, -0.1) is 11.6 Å². The molecule has 12 amide bonds. The highest BCUT2D eigenvalue weighted by Gasteiger charge is 2.49. The number of benzene rings is 1. The van der Waals surface area contributed by atoms with Crippen molar-refractivity contribution in [3.8, 4) is 5.75 Å². The van der Waals surface area contributed by atoms with Crippen LogP contribution >= 0.6 is 11.6 Å². The number of esters is 1. The SMILES string of the molecule is C/C=C(\NC(=O)[C@@H](NC(=O)CNC(=O)C(C)(O)C(O)/C=C\C(C)=C\C(C)CC)[C@@H](C)O)C(=O)N[C@H](C(=O)N[C@H]1C(=O)N[C@H](COC)C(=O)NCC(=O)N[C@@H](C)C(=O)N(C)[C@@H]([C@@H](C)O)C(=O)N[C@H]([C@H](OC)c2ccc(OC3O[C@@H](C)[C@H](O)[C@@H](O)[C@H]3O)cc2)C(=O)N2CC[C@H](Cl)C[C@H]2C(=O)O[C@@H]1C(C)C)[C@@H](C)[C@@H](C)C(N)=O. The molecule has 4 rings (SSSR count). The van der Waals surface area contributed by atoms with E-state index in [1.807, 2.05) is 19.9 Å². The predicted molar refractivity (Wildman–Crippen MR) is 392 cm³/mol. The number of aliphatic hydroxyl groups excluding tert-OH is 6. The van der Waals surface area contributed by atoms with Crippen molar-refractivity contribution in [3.63, 3.8) is 0 Å². The normalized spacial score (nSPS) is 27.8. The number of ether oxygens (including phenoxy) is 5. The van der Waals surface area contributed by atoms with Crippen LogP contribution in [0.15, 0.2) is 59.8 Å². The Balaban J connectivity index is 1.83. The van der Waals surface area contributed by atoms with Gasteiger partial charge in [-0.2, -0.15) is 0 Å². The van der Waals surface area contributed by atoms with Gasteiger partial charge in [-0.05, 0) is 96.8 Å². The Morgan fingerprint density at radius 3 is 2.05 bits per heavy atom. The standard InChI is InChI=1S/C72H111ClN12O25/c1-17-33(5)27-34(6)19-24-47(88)72(13,105)71(104)76-30-49(90)80-51(38(10)86)64(98)78-44(18-2)62(96)81-50(35(7)36(8)60(74)94)63(97)82-52-58(32(3)4)110-69(103)46-28-42(73)25-26-85(46)68(102)53(59(107-16)41-20-22-43(23-21-41)109-70-57(93)56(92)55(91)40(12)108-70)83-66(100)54(39(11)87)84(14)67(101)37(9)77-48(89)29-75-61(95)45(31-106-15)79-65(52)99/h18-24,27,32-33,35-40,42,45-47,50-59,70,86-88,91-93,105H,17,25-26,28-31H2,1-16H3,(H2,74,94)(H,75,95)(H,76,104)(H,77,89)(H,78,98)(H,79,99)(H,80,90)(H,81,96)(H,82,97)(H,83,100)/b24-19-,34-27+,44-18-/t33?,35-,36+,37-,38+,39+,40-,42-,45+,46-,47?,50-,51-,52+,53+,54-,55-,56+,57+,58+,59+,70?,72?/m0/s1. The van der Waals surface area contributed by atoms with E-state index in [0.29, 0.717) is 0 Å². The molecule has 0 aromatic heterocycles. The van der Waals surface area contributed by atoms with Gasteiger partial charge in [-0.3, -0.25) is 57.5 Å². The van der Waals surface area contributed by atoms with E-state index >= 15 is 19.2 Å². The molecule has 18 N–H and O–H groups in total. The van der Waals surface area contributed by atoms with E-state index in [1.165, 1.54) is 92.0 Å². The average Bonchev–Trinajstić information content (AvgIpc) is 0.786. The van der Waals surface area contributed by atoms with Crippen LogP contribution in [0.5, 0.6) is 5.75 Å². The molecule has 3 heterocycles. The summed E-state index contributed by atoms with van der Waals surface area (Å²) in [5.74, 6) is -18.6. The lowest BCUT2D eigenvalue weighted by Gasteiger charge is -2.41. The summed E-state index contributed by atoms with van der Waals surface area (Å²) in [4.78, 5) is 188. The molecule has 0 radical (unpaired) electrons. The number of halogens is 1. The molecule has 3 saturated heterocycles. The smallest absolute Gasteiger partial charge is 0.329 e. The second-order valence-electron chi connectivity index (χ2n) is 28.4. The number of allylic oxidation sites excluding steroid dienone is 4. The molecule has 3 fully saturated rings. The number of cyclic esters (lactones) is 1. The number of likely N-dealkylation sites (N-methyl/N-ethyl adjacent to an activating group) is 1. The third-order valence-electron chi connectivity index (χ3n) is 19.3. The summed E-state index contributed by atoms with van der Waals surface area (Å²) < 4.78 is 28.9. The molecule has 23 atom stereocenters. The Kier molecular flexibility index (Phi) is 36.3. The molecular formula is C72H111ClN12O25. The van der Waals surface area contributed by atoms with Crippen LogP contribution in [0.1, 0.15) is 121 Å². The quantitative estimate of drug-likeness (QED) is 0.0163. The highest BCUT2D eigenvalue weighted by atomic mass is 35.5. The van der Waals surface area contributed by atoms with Crippen LogP contribution in [0, 0.1) is 23.7 Å². The monoisotopic (exact) mass is 1580 g/mol. The van der Waals surface area contributed by atoms with Crippen molar-refractivity contribution in [1.29, 1.82) is 0 Å². The number of carbonyl (C=O) groups excluding carboxylic acids is 13. The van der Waals surface area contributed by atoms with Crippen LogP contribution < -0.4 is 58.3 Å². The predicted octanol–water partition coefficient (Wildman–Crippen LogP) is -4.41. The van der Waals surface area contributed by atoms with E-state index in [4.69, 9.17) is 41.0 Å². The van der Waals surface area contributed by atoms with Crippen LogP contribution in [-0.4, -0.2) is 284 Å². The molecule has 0 spiro atoms. The average molecular weight is 1580 g/mol. The maximum Gasteiger partial charge on any atom is 0.329 e. The molecule has 3 aliphatic rings. The van der Waals surface area contributed by atoms with Crippen LogP contribution in [0.25, 0.3) is 0 Å². The summed E-state index contributed by atoms with van der Waals surface area (Å²) in [5, 5.41) is 95.5. The zero-order valence-electron chi connectivity index (χ0n) is 64.7. The fraction of sp³-hybridized carbons (Fsp3) is 0.653. The molecule has 37 nitrogen and oxygen atoms in total. The number of hydrogen-bond donors (Lipinski definition) is 17. The van der Waals surface area contributed by atoms with Gasteiger partial charge in [0.05, 0.1) is 38.0 Å². The first-order valence-electron chi connectivity index (χ1n) is 36.0. The van der Waals surface area contributed by atoms with Gasteiger partial charge in [0.1, 0.15) is 96.4 Å². The molecule has 616 valence electrons. The molecule has 0 saturated carbocycles. The first-order valence-corrected chi connectivity index (χ1v) is 36.5. The lowest BCUT2D eigenvalue weighted by molar-refractivity contribution is -0.268. The molecule has 1 aromatic rings. The van der Waals surface area contributed by atoms with Gasteiger partial charge in [-0.1, -0.05) is 90.0 Å². The first kappa shape index (κ1) is 93.6. The van der Waals surface area contributed by atoms with E-state index < -0.39 is 241 Å². The Bertz CT molecular complexity index is 3510. The third-order valence-corrected chi connectivity index (χ3v) is 19.7. The number of rotatable bonds is 28. The lowest BCUT2D eigenvalue weighted by Crippen LogP contribution is -2.65. The van der Waals surface area contributed by atoms with Crippen LogP contribution in [0.4, 0.5) is 0 Å². The van der Waals surface area contributed by atoms with Gasteiger partial charge in [0.2, 0.25) is 65.4 Å². The van der Waals surface area contributed by atoms with Crippen molar-refractivity contribution in [2.24, 2.45) is 29.4 Å². The Labute approximate surface area is 643 Å². The number of aliphatic hydroxyl groups is 7. The minimum Gasteiger partial charge on any atom is -0.462 e. The number of methoxy groups -OCH3 is 2. The number of carbonyl (C=O) groups is 13. The number of alkyl halides is 1. The van der Waals surface area contributed by atoms with Crippen molar-refractivity contribution in [1.82, 2.24) is 57.7 Å². The highest BCUT2D eigenvalue weighted by molar-refractivity contribution is 6.21. The third kappa shape index (κ3) is 25.4. The maximum absolute atomic E-state index is 15.7. The lowest BCUT2D eigenvalue weighted by atomic mass is 9.87. The number of nitrogens with one attached hydrogen (secondary N) is 9. The number of hydrogen-bond acceptors (Lipinski definition) is 25. The first-order chi connectivity index (χ1) is 51.4. The molecule has 0 aliphatic carbocycles. The van der Waals surface area contributed by atoms with Crippen molar-refractivity contribution in [3.05, 3.63) is 65.4 Å². The van der Waals surface area contributed by atoms with Gasteiger partial charge in [0.25, 0.3) is 11.8 Å². The second kappa shape index (κ2) is 42.6.